The molecular formula is C18H26N2O2S. The first-order valence-corrected chi connectivity index (χ1v) is 9.88. The molecule has 0 bridgehead atoms. The van der Waals surface area contributed by atoms with Gasteiger partial charge in [0.15, 0.2) is 0 Å². The zero-order valence-electron chi connectivity index (χ0n) is 13.9. The third kappa shape index (κ3) is 3.05. The molecule has 2 atom stereocenters. The number of aryl methyl sites for hydroxylation is 1. The summed E-state index contributed by atoms with van der Waals surface area (Å²) in [5.41, 5.74) is 0.939. The Morgan fingerprint density at radius 1 is 1.22 bits per heavy atom. The van der Waals surface area contributed by atoms with Crippen molar-refractivity contribution in [2.75, 3.05) is 26.3 Å². The number of ether oxygens (including phenoxy) is 1. The van der Waals surface area contributed by atoms with E-state index in [1.54, 1.807) is 11.3 Å². The van der Waals surface area contributed by atoms with Gasteiger partial charge in [0, 0.05) is 32.2 Å². The average molecular weight is 334 g/mol. The van der Waals surface area contributed by atoms with Crippen molar-refractivity contribution in [1.82, 2.24) is 9.88 Å². The van der Waals surface area contributed by atoms with Crippen molar-refractivity contribution in [3.63, 3.8) is 0 Å². The fourth-order valence-corrected chi connectivity index (χ4v) is 5.59. The Morgan fingerprint density at radius 2 is 2.04 bits per heavy atom. The van der Waals surface area contributed by atoms with Crippen molar-refractivity contribution in [3.8, 4) is 0 Å². The second-order valence-electron chi connectivity index (χ2n) is 7.37. The van der Waals surface area contributed by atoms with Gasteiger partial charge in [-0.25, -0.2) is 4.98 Å². The number of hydrogen-bond donors (Lipinski definition) is 0. The molecule has 2 unspecified atom stereocenters. The highest BCUT2D eigenvalue weighted by Gasteiger charge is 2.35. The molecule has 3 heterocycles. The third-order valence-electron chi connectivity index (χ3n) is 5.86. The van der Waals surface area contributed by atoms with Crippen LogP contribution in [0.2, 0.25) is 0 Å². The number of likely N-dealkylation sites (tertiary alicyclic amines) is 1. The number of aromatic nitrogens is 1. The molecule has 3 fully saturated rings. The van der Waals surface area contributed by atoms with E-state index in [2.05, 4.69) is 4.90 Å². The molecule has 0 aromatic carbocycles. The molecule has 0 radical (unpaired) electrons. The lowest BCUT2D eigenvalue weighted by Gasteiger charge is -2.18. The van der Waals surface area contributed by atoms with Crippen molar-refractivity contribution < 1.29 is 9.53 Å². The summed E-state index contributed by atoms with van der Waals surface area (Å²) >= 11 is 1.66. The first-order chi connectivity index (χ1) is 11.2. The monoisotopic (exact) mass is 334 g/mol. The number of carbonyl (C=O) groups is 1. The normalized spacial score (nSPS) is 28.8. The third-order valence-corrected chi connectivity index (χ3v) is 7.16. The summed E-state index contributed by atoms with van der Waals surface area (Å²) in [5, 5.41) is 1.20. The van der Waals surface area contributed by atoms with Gasteiger partial charge in [-0.3, -0.25) is 4.79 Å². The van der Waals surface area contributed by atoms with Crippen LogP contribution in [-0.2, 0) is 4.74 Å². The van der Waals surface area contributed by atoms with Gasteiger partial charge in [-0.05, 0) is 44.4 Å². The topological polar surface area (TPSA) is 42.4 Å². The Morgan fingerprint density at radius 3 is 2.78 bits per heavy atom. The van der Waals surface area contributed by atoms with E-state index in [9.17, 15) is 4.79 Å². The summed E-state index contributed by atoms with van der Waals surface area (Å²) in [6, 6.07) is 0. The molecule has 2 aliphatic heterocycles. The maximum absolute atomic E-state index is 12.9. The van der Waals surface area contributed by atoms with Gasteiger partial charge in [0.25, 0.3) is 5.91 Å². The molecule has 1 aromatic heterocycles. The van der Waals surface area contributed by atoms with Gasteiger partial charge in [-0.2, -0.15) is 0 Å². The maximum atomic E-state index is 12.9. The summed E-state index contributed by atoms with van der Waals surface area (Å²) in [4.78, 5) is 20.6. The predicted molar refractivity (Wildman–Crippen MR) is 91.0 cm³/mol. The predicted octanol–water partition coefficient (Wildman–Crippen LogP) is 3.61. The van der Waals surface area contributed by atoms with Gasteiger partial charge in [0.1, 0.15) is 4.88 Å². The van der Waals surface area contributed by atoms with E-state index >= 15 is 0 Å². The molecule has 1 aliphatic carbocycles. The standard InChI is InChI=1S/C18H26N2O2S/c1-12-16(23-17(19-12)13-4-2-3-5-13)18(21)20-8-6-14(10-20)15-7-9-22-11-15/h13-15H,2-11H2,1H3. The first-order valence-electron chi connectivity index (χ1n) is 9.06. The lowest BCUT2D eigenvalue weighted by atomic mass is 9.91. The van der Waals surface area contributed by atoms with Gasteiger partial charge in [-0.1, -0.05) is 12.8 Å². The highest BCUT2D eigenvalue weighted by atomic mass is 32.1. The van der Waals surface area contributed by atoms with E-state index in [0.29, 0.717) is 17.8 Å². The van der Waals surface area contributed by atoms with Crippen molar-refractivity contribution in [2.45, 2.75) is 51.4 Å². The van der Waals surface area contributed by atoms with Crippen LogP contribution >= 0.6 is 11.3 Å². The van der Waals surface area contributed by atoms with Crippen molar-refractivity contribution in [1.29, 1.82) is 0 Å². The summed E-state index contributed by atoms with van der Waals surface area (Å²) < 4.78 is 5.52. The molecule has 4 rings (SSSR count). The molecule has 1 saturated carbocycles. The zero-order valence-corrected chi connectivity index (χ0v) is 14.7. The summed E-state index contributed by atoms with van der Waals surface area (Å²) in [6.07, 6.45) is 7.40. The van der Waals surface area contributed by atoms with Crippen LogP contribution in [0.15, 0.2) is 0 Å². The van der Waals surface area contributed by atoms with Crippen molar-refractivity contribution in [3.05, 3.63) is 15.6 Å². The van der Waals surface area contributed by atoms with Crippen LogP contribution in [-0.4, -0.2) is 42.1 Å². The van der Waals surface area contributed by atoms with Gasteiger partial charge >= 0.3 is 0 Å². The molecule has 4 nitrogen and oxygen atoms in total. The van der Waals surface area contributed by atoms with Gasteiger partial charge in [0.05, 0.1) is 10.7 Å². The summed E-state index contributed by atoms with van der Waals surface area (Å²) in [5.74, 6) is 2.10. The fourth-order valence-electron chi connectivity index (χ4n) is 4.39. The Bertz CT molecular complexity index is 574. The number of carbonyl (C=O) groups excluding carboxylic acids is 1. The van der Waals surface area contributed by atoms with E-state index in [1.165, 1.54) is 30.7 Å². The Hall–Kier alpha value is -0.940. The Kier molecular flexibility index (Phi) is 4.41. The van der Waals surface area contributed by atoms with Crippen LogP contribution in [0.4, 0.5) is 0 Å². The van der Waals surface area contributed by atoms with Crippen LogP contribution in [0.25, 0.3) is 0 Å². The van der Waals surface area contributed by atoms with Gasteiger partial charge < -0.3 is 9.64 Å². The number of rotatable bonds is 3. The highest BCUT2D eigenvalue weighted by Crippen LogP contribution is 2.38. The van der Waals surface area contributed by atoms with Gasteiger partial charge in [0.2, 0.25) is 0 Å². The lowest BCUT2D eigenvalue weighted by Crippen LogP contribution is -2.29. The molecule has 5 heteroatoms. The molecule has 0 N–H and O–H groups in total. The van der Waals surface area contributed by atoms with Crippen molar-refractivity contribution >= 4 is 17.2 Å². The minimum absolute atomic E-state index is 0.214. The second kappa shape index (κ2) is 6.52. The molecule has 1 aromatic rings. The largest absolute Gasteiger partial charge is 0.381 e. The minimum Gasteiger partial charge on any atom is -0.381 e. The van der Waals surface area contributed by atoms with E-state index in [4.69, 9.17) is 9.72 Å². The van der Waals surface area contributed by atoms with E-state index in [1.807, 2.05) is 6.92 Å². The lowest BCUT2D eigenvalue weighted by molar-refractivity contribution is 0.0784. The second-order valence-corrected chi connectivity index (χ2v) is 8.40. The van der Waals surface area contributed by atoms with Crippen LogP contribution in [0.3, 0.4) is 0 Å². The quantitative estimate of drug-likeness (QED) is 0.848. The van der Waals surface area contributed by atoms with E-state index < -0.39 is 0 Å². The van der Waals surface area contributed by atoms with Crippen molar-refractivity contribution in [2.24, 2.45) is 11.8 Å². The number of nitrogens with zero attached hydrogens (tertiary/aromatic N) is 2. The highest BCUT2D eigenvalue weighted by molar-refractivity contribution is 7.13. The zero-order chi connectivity index (χ0) is 15.8. The van der Waals surface area contributed by atoms with Crippen LogP contribution in [0.1, 0.15) is 64.8 Å². The molecule has 23 heavy (non-hydrogen) atoms. The van der Waals surface area contributed by atoms with Crippen LogP contribution in [0.5, 0.6) is 0 Å². The molecule has 126 valence electrons. The number of hydrogen-bond acceptors (Lipinski definition) is 4. The Labute approximate surface area is 142 Å². The Balaban J connectivity index is 1.44. The first kappa shape index (κ1) is 15.6. The summed E-state index contributed by atoms with van der Waals surface area (Å²) in [6.45, 7) is 5.59. The molecule has 3 aliphatic rings. The van der Waals surface area contributed by atoms with Crippen LogP contribution < -0.4 is 0 Å². The maximum Gasteiger partial charge on any atom is 0.265 e. The molecule has 2 saturated heterocycles. The summed E-state index contributed by atoms with van der Waals surface area (Å²) in [7, 11) is 0. The van der Waals surface area contributed by atoms with Gasteiger partial charge in [-0.15, -0.1) is 11.3 Å². The van der Waals surface area contributed by atoms with E-state index in [0.717, 1.165) is 49.7 Å². The number of thiazole rings is 1. The molecule has 0 spiro atoms. The number of amides is 1. The average Bonchev–Trinajstić information content (AvgIpc) is 3.31. The fraction of sp³-hybridized carbons (Fsp3) is 0.778. The van der Waals surface area contributed by atoms with Crippen LogP contribution in [0, 0.1) is 18.8 Å². The SMILES string of the molecule is Cc1nc(C2CCCC2)sc1C(=O)N1CCC(C2CCOC2)C1. The van der Waals surface area contributed by atoms with E-state index in [-0.39, 0.29) is 5.91 Å². The smallest absolute Gasteiger partial charge is 0.265 e. The molecular weight excluding hydrogens is 308 g/mol. The molecule has 1 amide bonds. The minimum atomic E-state index is 0.214.